The highest BCUT2D eigenvalue weighted by atomic mass is 16.5. The minimum absolute atomic E-state index is 0.0604. The summed E-state index contributed by atoms with van der Waals surface area (Å²) in [5.41, 5.74) is 3.15. The van der Waals surface area contributed by atoms with E-state index >= 15 is 0 Å². The number of hydrogen-bond acceptors (Lipinski definition) is 4. The van der Waals surface area contributed by atoms with Gasteiger partial charge in [0, 0.05) is 24.0 Å². The Labute approximate surface area is 170 Å². The molecule has 0 unspecified atom stereocenters. The molecule has 0 radical (unpaired) electrons. The van der Waals surface area contributed by atoms with Gasteiger partial charge in [-0.05, 0) is 31.9 Å². The number of amides is 1. The van der Waals surface area contributed by atoms with Crippen molar-refractivity contribution in [3.8, 4) is 11.3 Å². The Morgan fingerprint density at radius 1 is 1.10 bits per heavy atom. The number of ether oxygens (including phenoxy) is 1. The van der Waals surface area contributed by atoms with Crippen molar-refractivity contribution in [2.45, 2.75) is 19.8 Å². The maximum Gasteiger partial charge on any atom is 0.310 e. The van der Waals surface area contributed by atoms with Gasteiger partial charge in [-0.1, -0.05) is 48.5 Å². The van der Waals surface area contributed by atoms with Crippen LogP contribution in [-0.2, 0) is 9.53 Å². The van der Waals surface area contributed by atoms with Crippen LogP contribution in [0.15, 0.2) is 60.7 Å². The van der Waals surface area contributed by atoms with Gasteiger partial charge in [0.15, 0.2) is 0 Å². The van der Waals surface area contributed by atoms with Crippen LogP contribution in [0.5, 0.6) is 0 Å². The van der Waals surface area contributed by atoms with E-state index in [-0.39, 0.29) is 17.8 Å². The quantitative estimate of drug-likeness (QED) is 0.625. The lowest BCUT2D eigenvalue weighted by Gasteiger charge is -2.32. The van der Waals surface area contributed by atoms with Gasteiger partial charge in [-0.15, -0.1) is 0 Å². The van der Waals surface area contributed by atoms with Crippen molar-refractivity contribution in [3.63, 3.8) is 0 Å². The van der Waals surface area contributed by atoms with Crippen LogP contribution in [-0.4, -0.2) is 41.5 Å². The lowest BCUT2D eigenvalue weighted by Crippen LogP contribution is -2.42. The summed E-state index contributed by atoms with van der Waals surface area (Å²) >= 11 is 0. The van der Waals surface area contributed by atoms with Gasteiger partial charge in [0.2, 0.25) is 0 Å². The van der Waals surface area contributed by atoms with Gasteiger partial charge in [-0.2, -0.15) is 0 Å². The van der Waals surface area contributed by atoms with E-state index in [1.807, 2.05) is 60.7 Å². The summed E-state index contributed by atoms with van der Waals surface area (Å²) in [7, 11) is 0. The van der Waals surface area contributed by atoms with E-state index in [4.69, 9.17) is 9.72 Å². The fourth-order valence-electron chi connectivity index (χ4n) is 3.89. The first-order chi connectivity index (χ1) is 14.2. The van der Waals surface area contributed by atoms with Crippen LogP contribution in [0.3, 0.4) is 0 Å². The van der Waals surface area contributed by atoms with Gasteiger partial charge in [0.25, 0.3) is 5.91 Å². The second kappa shape index (κ2) is 8.43. The number of likely N-dealkylation sites (tertiary alicyclic amines) is 1. The van der Waals surface area contributed by atoms with Crippen LogP contribution in [0.4, 0.5) is 0 Å². The summed E-state index contributed by atoms with van der Waals surface area (Å²) < 4.78 is 5.18. The maximum atomic E-state index is 13.5. The Bertz CT molecular complexity index is 1030. The Kier molecular flexibility index (Phi) is 5.56. The van der Waals surface area contributed by atoms with Crippen LogP contribution in [0.1, 0.15) is 30.1 Å². The second-order valence-corrected chi connectivity index (χ2v) is 7.28. The van der Waals surface area contributed by atoms with Crippen LogP contribution in [0, 0.1) is 5.92 Å². The summed E-state index contributed by atoms with van der Waals surface area (Å²) in [6.45, 7) is 3.21. The maximum absolute atomic E-state index is 13.5. The van der Waals surface area contributed by atoms with Crippen molar-refractivity contribution in [1.82, 2.24) is 9.88 Å². The predicted octanol–water partition coefficient (Wildman–Crippen LogP) is 4.32. The molecular weight excluding hydrogens is 364 g/mol. The molecule has 0 saturated carbocycles. The number of pyridine rings is 1. The number of hydrogen-bond donors (Lipinski definition) is 0. The average Bonchev–Trinajstić information content (AvgIpc) is 2.78. The molecular formula is C24H24N2O3. The molecule has 1 aliphatic rings. The van der Waals surface area contributed by atoms with Crippen molar-refractivity contribution in [2.24, 2.45) is 5.92 Å². The van der Waals surface area contributed by atoms with Crippen molar-refractivity contribution in [2.75, 3.05) is 19.7 Å². The van der Waals surface area contributed by atoms with Crippen LogP contribution in [0.25, 0.3) is 22.2 Å². The molecule has 5 heteroatoms. The Balaban J connectivity index is 1.70. The molecule has 0 spiro atoms. The van der Waals surface area contributed by atoms with E-state index in [1.165, 1.54) is 0 Å². The van der Waals surface area contributed by atoms with Crippen LogP contribution < -0.4 is 0 Å². The zero-order valence-corrected chi connectivity index (χ0v) is 16.5. The Morgan fingerprint density at radius 2 is 1.86 bits per heavy atom. The fraction of sp³-hybridized carbons (Fsp3) is 0.292. The third kappa shape index (κ3) is 3.99. The number of benzene rings is 2. The van der Waals surface area contributed by atoms with E-state index < -0.39 is 0 Å². The molecule has 148 valence electrons. The average molecular weight is 388 g/mol. The zero-order chi connectivity index (χ0) is 20.2. The lowest BCUT2D eigenvalue weighted by atomic mass is 9.96. The van der Waals surface area contributed by atoms with E-state index in [0.29, 0.717) is 25.3 Å². The van der Waals surface area contributed by atoms with Gasteiger partial charge in [0.05, 0.1) is 29.3 Å². The van der Waals surface area contributed by atoms with Crippen LogP contribution in [0.2, 0.25) is 0 Å². The fourth-order valence-corrected chi connectivity index (χ4v) is 3.89. The molecule has 1 amide bonds. The standard InChI is InChI=1S/C24H24N2O3/c1-2-29-24(28)18-11-8-14-26(16-18)23(27)20-15-22(17-9-4-3-5-10-17)25-21-13-7-6-12-19(20)21/h3-7,9-10,12-13,15,18H,2,8,11,14,16H2,1H3/t18-/m1/s1. The second-order valence-electron chi connectivity index (χ2n) is 7.28. The van der Waals surface area contributed by atoms with Crippen LogP contribution >= 0.6 is 0 Å². The minimum atomic E-state index is -0.255. The molecule has 2 aromatic carbocycles. The highest BCUT2D eigenvalue weighted by Crippen LogP contribution is 2.27. The molecule has 0 aliphatic carbocycles. The molecule has 1 saturated heterocycles. The van der Waals surface area contributed by atoms with Gasteiger partial charge < -0.3 is 9.64 Å². The number of nitrogens with zero attached hydrogens (tertiary/aromatic N) is 2. The number of fused-ring (bicyclic) bond motifs is 1. The largest absolute Gasteiger partial charge is 0.466 e. The van der Waals surface area contributed by atoms with Crippen molar-refractivity contribution < 1.29 is 14.3 Å². The zero-order valence-electron chi connectivity index (χ0n) is 16.5. The topological polar surface area (TPSA) is 59.5 Å². The number of aromatic nitrogens is 1. The number of rotatable bonds is 4. The molecule has 5 nitrogen and oxygen atoms in total. The Morgan fingerprint density at radius 3 is 2.66 bits per heavy atom. The monoisotopic (exact) mass is 388 g/mol. The van der Waals surface area contributed by atoms with Gasteiger partial charge >= 0.3 is 5.97 Å². The molecule has 1 atom stereocenters. The first kappa shape index (κ1) is 19.1. The van der Waals surface area contributed by atoms with E-state index in [2.05, 4.69) is 0 Å². The third-order valence-electron chi connectivity index (χ3n) is 5.34. The highest BCUT2D eigenvalue weighted by Gasteiger charge is 2.30. The van der Waals surface area contributed by atoms with E-state index in [9.17, 15) is 9.59 Å². The van der Waals surface area contributed by atoms with Crippen molar-refractivity contribution in [1.29, 1.82) is 0 Å². The molecule has 1 fully saturated rings. The number of esters is 1. The molecule has 0 N–H and O–H groups in total. The molecule has 4 rings (SSSR count). The van der Waals surface area contributed by atoms with Gasteiger partial charge in [-0.3, -0.25) is 9.59 Å². The van der Waals surface area contributed by atoms with Crippen molar-refractivity contribution >= 4 is 22.8 Å². The third-order valence-corrected chi connectivity index (χ3v) is 5.34. The number of para-hydroxylation sites is 1. The summed E-state index contributed by atoms with van der Waals surface area (Å²) in [5, 5.41) is 0.829. The minimum Gasteiger partial charge on any atom is -0.466 e. The normalized spacial score (nSPS) is 16.6. The van der Waals surface area contributed by atoms with E-state index in [0.717, 1.165) is 35.0 Å². The molecule has 2 heterocycles. The molecule has 1 aromatic heterocycles. The number of carbonyl (C=O) groups is 2. The summed E-state index contributed by atoms with van der Waals surface area (Å²) in [5.74, 6) is -0.529. The summed E-state index contributed by atoms with van der Waals surface area (Å²) in [6.07, 6.45) is 1.55. The SMILES string of the molecule is CCOC(=O)[C@@H]1CCCN(C(=O)c2cc(-c3ccccc3)nc3ccccc23)C1. The first-order valence-corrected chi connectivity index (χ1v) is 10.1. The smallest absolute Gasteiger partial charge is 0.310 e. The Hall–Kier alpha value is -3.21. The van der Waals surface area contributed by atoms with Gasteiger partial charge in [0.1, 0.15) is 0 Å². The number of piperidine rings is 1. The first-order valence-electron chi connectivity index (χ1n) is 10.1. The van der Waals surface area contributed by atoms with E-state index in [1.54, 1.807) is 11.8 Å². The van der Waals surface area contributed by atoms with Gasteiger partial charge in [-0.25, -0.2) is 4.98 Å². The lowest BCUT2D eigenvalue weighted by molar-refractivity contribution is -0.149. The number of carbonyl (C=O) groups excluding carboxylic acids is 2. The predicted molar refractivity (Wildman–Crippen MR) is 112 cm³/mol. The summed E-state index contributed by atoms with van der Waals surface area (Å²) in [6, 6.07) is 19.4. The molecule has 3 aromatic rings. The highest BCUT2D eigenvalue weighted by molar-refractivity contribution is 6.07. The molecule has 29 heavy (non-hydrogen) atoms. The molecule has 0 bridgehead atoms. The summed E-state index contributed by atoms with van der Waals surface area (Å²) in [4.78, 5) is 32.2. The van der Waals surface area contributed by atoms with Crippen molar-refractivity contribution in [3.05, 3.63) is 66.2 Å². The molecule has 1 aliphatic heterocycles.